The Morgan fingerprint density at radius 2 is 1.95 bits per heavy atom. The average molecular weight is 530 g/mol. The Labute approximate surface area is 224 Å². The molecule has 2 N–H and O–H groups in total. The summed E-state index contributed by atoms with van der Waals surface area (Å²) < 4.78 is 7.38. The molecule has 38 heavy (non-hydrogen) atoms. The van der Waals surface area contributed by atoms with E-state index in [2.05, 4.69) is 42.0 Å². The minimum Gasteiger partial charge on any atom is -0.378 e. The van der Waals surface area contributed by atoms with Crippen LogP contribution in [0.3, 0.4) is 0 Å². The first-order chi connectivity index (χ1) is 18.5. The minimum absolute atomic E-state index is 0.463. The molecule has 2 aliphatic rings. The van der Waals surface area contributed by atoms with Crippen LogP contribution in [-0.4, -0.2) is 67.7 Å². The molecule has 0 bridgehead atoms. The van der Waals surface area contributed by atoms with E-state index in [9.17, 15) is 5.11 Å². The fourth-order valence-electron chi connectivity index (χ4n) is 4.41. The van der Waals surface area contributed by atoms with Crippen LogP contribution < -0.4 is 15.1 Å². The maximum atomic E-state index is 10.7. The summed E-state index contributed by atoms with van der Waals surface area (Å²) in [6, 6.07) is 9.68. The number of nitrogens with one attached hydrogen (secondary N) is 1. The molecular formula is C26H27N9O2S. The van der Waals surface area contributed by atoms with Gasteiger partial charge in [0.25, 0.3) is 0 Å². The van der Waals surface area contributed by atoms with E-state index < -0.39 is 5.60 Å². The molecule has 1 saturated heterocycles. The molecule has 11 nitrogen and oxygen atoms in total. The van der Waals surface area contributed by atoms with Gasteiger partial charge in [0, 0.05) is 50.0 Å². The topological polar surface area (TPSA) is 117 Å². The summed E-state index contributed by atoms with van der Waals surface area (Å²) in [6.45, 7) is 6.26. The van der Waals surface area contributed by atoms with Gasteiger partial charge in [-0.2, -0.15) is 10.1 Å². The quantitative estimate of drug-likeness (QED) is 0.374. The van der Waals surface area contributed by atoms with Crippen molar-refractivity contribution in [1.82, 2.24) is 29.7 Å². The summed E-state index contributed by atoms with van der Waals surface area (Å²) in [5, 5.41) is 21.0. The number of fused-ring (bicyclic) bond motifs is 1. The lowest BCUT2D eigenvalue weighted by Crippen LogP contribution is -2.36. The Balaban J connectivity index is 1.22. The van der Waals surface area contributed by atoms with Gasteiger partial charge in [0.05, 0.1) is 13.2 Å². The number of aliphatic hydroxyl groups is 1. The maximum absolute atomic E-state index is 10.7. The molecule has 0 spiro atoms. The largest absolute Gasteiger partial charge is 0.378 e. The molecule has 0 radical (unpaired) electrons. The van der Waals surface area contributed by atoms with Crippen molar-refractivity contribution in [3.63, 3.8) is 0 Å². The van der Waals surface area contributed by atoms with E-state index >= 15 is 0 Å². The van der Waals surface area contributed by atoms with E-state index in [0.717, 1.165) is 50.1 Å². The summed E-state index contributed by atoms with van der Waals surface area (Å²) in [6.07, 6.45) is 4.30. The molecular weight excluding hydrogens is 502 g/mol. The van der Waals surface area contributed by atoms with Crippen LogP contribution in [0.1, 0.15) is 24.0 Å². The average Bonchev–Trinajstić information content (AvgIpc) is 3.64. The third kappa shape index (κ3) is 5.17. The highest BCUT2D eigenvalue weighted by Gasteiger charge is 2.25. The number of thiazole rings is 1. The SMILES string of the molecule is CC(O)(C#Cc1cc2n(n1)CCCN2c1ccnc(Nc2cccc(N3CCOCC3)n2)n1)c1nccs1. The van der Waals surface area contributed by atoms with Crippen molar-refractivity contribution in [1.29, 1.82) is 0 Å². The molecule has 4 aromatic rings. The van der Waals surface area contributed by atoms with Crippen LogP contribution in [0.15, 0.2) is 48.1 Å². The van der Waals surface area contributed by atoms with Crippen molar-refractivity contribution in [3.8, 4) is 11.8 Å². The monoisotopic (exact) mass is 529 g/mol. The van der Waals surface area contributed by atoms with Crippen molar-refractivity contribution < 1.29 is 9.84 Å². The van der Waals surface area contributed by atoms with Gasteiger partial charge >= 0.3 is 0 Å². The van der Waals surface area contributed by atoms with Crippen LogP contribution in [-0.2, 0) is 16.9 Å². The Morgan fingerprint density at radius 1 is 1.05 bits per heavy atom. The van der Waals surface area contributed by atoms with Gasteiger partial charge in [0.2, 0.25) is 5.95 Å². The van der Waals surface area contributed by atoms with Crippen molar-refractivity contribution in [3.05, 3.63) is 58.8 Å². The number of morpholine rings is 1. The smallest absolute Gasteiger partial charge is 0.230 e. The van der Waals surface area contributed by atoms with Gasteiger partial charge in [0.1, 0.15) is 34.0 Å². The van der Waals surface area contributed by atoms with E-state index in [1.807, 2.05) is 40.4 Å². The van der Waals surface area contributed by atoms with Gasteiger partial charge in [-0.15, -0.1) is 11.3 Å². The number of aryl methyl sites for hydroxylation is 1. The zero-order valence-electron chi connectivity index (χ0n) is 20.9. The van der Waals surface area contributed by atoms with E-state index in [1.54, 1.807) is 19.3 Å². The summed E-state index contributed by atoms with van der Waals surface area (Å²) >= 11 is 1.37. The fraction of sp³-hybridized carbons (Fsp3) is 0.346. The van der Waals surface area contributed by atoms with Crippen LogP contribution >= 0.6 is 11.3 Å². The molecule has 0 saturated carbocycles. The second-order valence-electron chi connectivity index (χ2n) is 9.12. The van der Waals surface area contributed by atoms with Gasteiger partial charge in [0.15, 0.2) is 5.60 Å². The second kappa shape index (κ2) is 10.4. The predicted molar refractivity (Wildman–Crippen MR) is 145 cm³/mol. The van der Waals surface area contributed by atoms with E-state index in [-0.39, 0.29) is 0 Å². The van der Waals surface area contributed by atoms with E-state index in [1.165, 1.54) is 11.3 Å². The standard InChI is InChI=1S/C26H27N9O2S/c1-26(36,24-27-10-17-38-24)8-6-19-18-23-34(11-3-12-35(23)32-19)22-7-9-28-25(31-22)30-20-4-2-5-21(29-20)33-13-15-37-16-14-33/h2,4-5,7,9-10,17-18,36H,3,11-16H2,1H3,(H,28,29,30,31). The highest BCUT2D eigenvalue weighted by atomic mass is 32.1. The van der Waals surface area contributed by atoms with E-state index in [0.29, 0.717) is 35.7 Å². The molecule has 4 aromatic heterocycles. The van der Waals surface area contributed by atoms with Gasteiger partial charge in [-0.05, 0) is 37.5 Å². The van der Waals surface area contributed by atoms with Crippen molar-refractivity contribution in [2.24, 2.45) is 0 Å². The number of nitrogens with zero attached hydrogens (tertiary/aromatic N) is 8. The molecule has 1 atom stereocenters. The number of ether oxygens (including phenoxy) is 1. The van der Waals surface area contributed by atoms with Crippen LogP contribution in [0.2, 0.25) is 0 Å². The third-order valence-electron chi connectivity index (χ3n) is 6.30. The Kier molecular flexibility index (Phi) is 6.63. The minimum atomic E-state index is -1.34. The third-order valence-corrected chi connectivity index (χ3v) is 7.28. The number of rotatable bonds is 5. The summed E-state index contributed by atoms with van der Waals surface area (Å²) in [4.78, 5) is 22.4. The zero-order chi connectivity index (χ0) is 26.0. The van der Waals surface area contributed by atoms with Gasteiger partial charge < -0.3 is 25.0 Å². The van der Waals surface area contributed by atoms with Crippen molar-refractivity contribution in [2.75, 3.05) is 48.0 Å². The molecule has 0 amide bonds. The Bertz CT molecular complexity index is 1470. The lowest BCUT2D eigenvalue weighted by molar-refractivity contribution is 0.121. The van der Waals surface area contributed by atoms with E-state index in [4.69, 9.17) is 14.7 Å². The molecule has 0 aliphatic carbocycles. The first-order valence-corrected chi connectivity index (χ1v) is 13.3. The molecule has 12 heteroatoms. The van der Waals surface area contributed by atoms with Crippen molar-refractivity contribution in [2.45, 2.75) is 25.5 Å². The van der Waals surface area contributed by atoms with Crippen LogP contribution in [0.5, 0.6) is 0 Å². The molecule has 194 valence electrons. The number of anilines is 5. The highest BCUT2D eigenvalue weighted by Crippen LogP contribution is 2.29. The second-order valence-corrected chi connectivity index (χ2v) is 10.0. The molecule has 6 heterocycles. The number of hydrogen-bond acceptors (Lipinski definition) is 11. The van der Waals surface area contributed by atoms with Crippen LogP contribution in [0.4, 0.5) is 29.2 Å². The van der Waals surface area contributed by atoms with Crippen LogP contribution in [0, 0.1) is 11.8 Å². The fourth-order valence-corrected chi connectivity index (χ4v) is 5.07. The lowest BCUT2D eigenvalue weighted by atomic mass is 10.1. The molecule has 2 aliphatic heterocycles. The maximum Gasteiger partial charge on any atom is 0.230 e. The van der Waals surface area contributed by atoms with Crippen molar-refractivity contribution >= 4 is 40.6 Å². The molecule has 6 rings (SSSR count). The highest BCUT2D eigenvalue weighted by molar-refractivity contribution is 7.09. The summed E-state index contributed by atoms with van der Waals surface area (Å²) in [5.74, 6) is 9.62. The molecule has 0 aromatic carbocycles. The first kappa shape index (κ1) is 24.3. The van der Waals surface area contributed by atoms with Gasteiger partial charge in [-0.3, -0.25) is 0 Å². The summed E-state index contributed by atoms with van der Waals surface area (Å²) in [7, 11) is 0. The first-order valence-electron chi connectivity index (χ1n) is 12.5. The predicted octanol–water partition coefficient (Wildman–Crippen LogP) is 2.91. The zero-order valence-corrected chi connectivity index (χ0v) is 21.7. The molecule has 1 unspecified atom stereocenters. The van der Waals surface area contributed by atoms with Gasteiger partial charge in [-0.25, -0.2) is 19.6 Å². The van der Waals surface area contributed by atoms with Crippen LogP contribution in [0.25, 0.3) is 0 Å². The summed E-state index contributed by atoms with van der Waals surface area (Å²) in [5.41, 5.74) is -0.751. The number of aromatic nitrogens is 6. The number of pyridine rings is 1. The number of hydrogen-bond donors (Lipinski definition) is 2. The Hall–Kier alpha value is -4.05. The lowest BCUT2D eigenvalue weighted by Gasteiger charge is -2.28. The van der Waals surface area contributed by atoms with Gasteiger partial charge in [-0.1, -0.05) is 12.0 Å². The Morgan fingerprint density at radius 3 is 2.79 bits per heavy atom. The normalized spacial score (nSPS) is 16.8. The molecule has 1 fully saturated rings.